The minimum Gasteiger partial charge on any atom is -0.372 e. The molecule has 0 bridgehead atoms. The summed E-state index contributed by atoms with van der Waals surface area (Å²) in [5.41, 5.74) is 2.14. The van der Waals surface area contributed by atoms with Crippen LogP contribution in [0.4, 0.5) is 16.2 Å². The highest BCUT2D eigenvalue weighted by Crippen LogP contribution is 2.24. The summed E-state index contributed by atoms with van der Waals surface area (Å²) in [5.74, 6) is 0.839. The minimum absolute atomic E-state index is 0.0216. The molecule has 0 aromatic heterocycles. The smallest absolute Gasteiger partial charge is 0.321 e. The molecule has 26 heavy (non-hydrogen) atoms. The average Bonchev–Trinajstić information content (AvgIpc) is 2.69. The van der Waals surface area contributed by atoms with Gasteiger partial charge in [-0.3, -0.25) is 4.90 Å². The molecule has 2 heterocycles. The summed E-state index contributed by atoms with van der Waals surface area (Å²) in [6.45, 7) is 12.6. The predicted molar refractivity (Wildman–Crippen MR) is 109 cm³/mol. The van der Waals surface area contributed by atoms with Crippen molar-refractivity contribution in [3.05, 3.63) is 24.3 Å². The lowest BCUT2D eigenvalue weighted by Crippen LogP contribution is -2.52. The van der Waals surface area contributed by atoms with Gasteiger partial charge in [-0.1, -0.05) is 13.8 Å². The van der Waals surface area contributed by atoms with Crippen LogP contribution in [-0.4, -0.2) is 61.1 Å². The number of nitrogens with zero attached hydrogens (tertiary/aromatic N) is 3. The van der Waals surface area contributed by atoms with E-state index in [4.69, 9.17) is 0 Å². The third-order valence-corrected chi connectivity index (χ3v) is 6.08. The first-order chi connectivity index (χ1) is 12.6. The Labute approximate surface area is 158 Å². The Morgan fingerprint density at radius 2 is 1.69 bits per heavy atom. The van der Waals surface area contributed by atoms with Gasteiger partial charge in [0.15, 0.2) is 0 Å². The molecule has 1 N–H and O–H groups in total. The van der Waals surface area contributed by atoms with Crippen molar-refractivity contribution in [2.24, 2.45) is 5.92 Å². The molecule has 0 spiro atoms. The van der Waals surface area contributed by atoms with Gasteiger partial charge in [0.25, 0.3) is 0 Å². The van der Waals surface area contributed by atoms with Crippen LogP contribution in [0, 0.1) is 5.92 Å². The number of hydrogen-bond donors (Lipinski definition) is 1. The van der Waals surface area contributed by atoms with Gasteiger partial charge in [0.05, 0.1) is 0 Å². The molecule has 5 nitrogen and oxygen atoms in total. The van der Waals surface area contributed by atoms with Gasteiger partial charge in [0.2, 0.25) is 0 Å². The van der Waals surface area contributed by atoms with Gasteiger partial charge in [-0.2, -0.15) is 0 Å². The molecular weight excluding hydrogens is 324 g/mol. The first-order valence-electron chi connectivity index (χ1n) is 10.2. The second kappa shape index (κ2) is 8.76. The number of amides is 2. The predicted octanol–water partition coefficient (Wildman–Crippen LogP) is 3.87. The van der Waals surface area contributed by atoms with Gasteiger partial charge in [-0.25, -0.2) is 4.79 Å². The van der Waals surface area contributed by atoms with Crippen LogP contribution in [-0.2, 0) is 0 Å². The monoisotopic (exact) mass is 358 g/mol. The first-order valence-corrected chi connectivity index (χ1v) is 10.2. The van der Waals surface area contributed by atoms with Crippen molar-refractivity contribution in [2.45, 2.75) is 46.1 Å². The third kappa shape index (κ3) is 4.70. The second-order valence-electron chi connectivity index (χ2n) is 7.93. The number of benzene rings is 1. The lowest BCUT2D eigenvalue weighted by atomic mass is 9.99. The number of carbonyl (C=O) groups excluding carboxylic acids is 1. The summed E-state index contributed by atoms with van der Waals surface area (Å²) in [7, 11) is 0. The number of anilines is 2. The van der Waals surface area contributed by atoms with E-state index >= 15 is 0 Å². The van der Waals surface area contributed by atoms with E-state index in [1.54, 1.807) is 0 Å². The van der Waals surface area contributed by atoms with E-state index in [0.29, 0.717) is 6.04 Å². The largest absolute Gasteiger partial charge is 0.372 e. The van der Waals surface area contributed by atoms with Crippen molar-refractivity contribution in [3.8, 4) is 0 Å². The molecule has 5 heteroatoms. The van der Waals surface area contributed by atoms with Crippen molar-refractivity contribution in [3.63, 3.8) is 0 Å². The van der Waals surface area contributed by atoms with Crippen LogP contribution in [0.2, 0.25) is 0 Å². The standard InChI is InChI=1S/C21H34N4O/c1-4-18(3)23-13-15-25(16-14-23)21(26)22-19-5-7-20(8-6-19)24-11-9-17(2)10-12-24/h5-8,17-18H,4,9-16H2,1-3H3,(H,22,26). The minimum atomic E-state index is 0.0216. The Bertz CT molecular complexity index is 572. The fourth-order valence-electron chi connectivity index (χ4n) is 3.85. The highest BCUT2D eigenvalue weighted by atomic mass is 16.2. The number of piperidine rings is 1. The van der Waals surface area contributed by atoms with Gasteiger partial charge >= 0.3 is 6.03 Å². The molecule has 1 aromatic carbocycles. The molecule has 2 aliphatic heterocycles. The van der Waals surface area contributed by atoms with Crippen LogP contribution >= 0.6 is 0 Å². The molecule has 0 saturated carbocycles. The molecule has 2 amide bonds. The number of nitrogens with one attached hydrogen (secondary N) is 1. The summed E-state index contributed by atoms with van der Waals surface area (Å²) < 4.78 is 0. The fraction of sp³-hybridized carbons (Fsp3) is 0.667. The van der Waals surface area contributed by atoms with E-state index in [-0.39, 0.29) is 6.03 Å². The molecule has 0 aliphatic carbocycles. The van der Waals surface area contributed by atoms with Crippen LogP contribution in [0.25, 0.3) is 0 Å². The number of piperazine rings is 1. The summed E-state index contributed by atoms with van der Waals surface area (Å²) in [6.07, 6.45) is 3.69. The molecule has 2 aliphatic rings. The number of rotatable bonds is 4. The zero-order chi connectivity index (χ0) is 18.5. The SMILES string of the molecule is CCC(C)N1CCN(C(=O)Nc2ccc(N3CCC(C)CC3)cc2)CC1. The van der Waals surface area contributed by atoms with Crippen molar-refractivity contribution < 1.29 is 4.79 Å². The van der Waals surface area contributed by atoms with E-state index in [9.17, 15) is 4.79 Å². The zero-order valence-corrected chi connectivity index (χ0v) is 16.6. The summed E-state index contributed by atoms with van der Waals surface area (Å²) in [4.78, 5) is 19.4. The molecule has 0 radical (unpaired) electrons. The zero-order valence-electron chi connectivity index (χ0n) is 16.6. The highest BCUT2D eigenvalue weighted by molar-refractivity contribution is 5.89. The second-order valence-corrected chi connectivity index (χ2v) is 7.93. The lowest BCUT2D eigenvalue weighted by Gasteiger charge is -2.37. The molecular formula is C21H34N4O. The molecule has 1 atom stereocenters. The quantitative estimate of drug-likeness (QED) is 0.888. The van der Waals surface area contributed by atoms with Crippen LogP contribution in [0.3, 0.4) is 0 Å². The topological polar surface area (TPSA) is 38.8 Å². The van der Waals surface area contributed by atoms with Gasteiger partial charge in [-0.15, -0.1) is 0 Å². The third-order valence-electron chi connectivity index (χ3n) is 6.08. The summed E-state index contributed by atoms with van der Waals surface area (Å²) in [5, 5.41) is 3.06. The normalized spacial score (nSPS) is 20.9. The molecule has 2 fully saturated rings. The number of hydrogen-bond acceptors (Lipinski definition) is 3. The molecule has 3 rings (SSSR count). The lowest BCUT2D eigenvalue weighted by molar-refractivity contribution is 0.117. The van der Waals surface area contributed by atoms with Gasteiger partial charge in [0, 0.05) is 56.7 Å². The van der Waals surface area contributed by atoms with Crippen molar-refractivity contribution in [2.75, 3.05) is 49.5 Å². The Balaban J connectivity index is 1.49. The summed E-state index contributed by atoms with van der Waals surface area (Å²) >= 11 is 0. The molecule has 144 valence electrons. The Hall–Kier alpha value is -1.75. The maximum atomic E-state index is 12.5. The van der Waals surface area contributed by atoms with E-state index < -0.39 is 0 Å². The van der Waals surface area contributed by atoms with Gasteiger partial charge < -0.3 is 15.1 Å². The van der Waals surface area contributed by atoms with Crippen LogP contribution in [0.15, 0.2) is 24.3 Å². The Morgan fingerprint density at radius 3 is 2.27 bits per heavy atom. The van der Waals surface area contributed by atoms with Gasteiger partial charge in [-0.05, 0) is 56.4 Å². The maximum Gasteiger partial charge on any atom is 0.321 e. The van der Waals surface area contributed by atoms with Crippen molar-refractivity contribution >= 4 is 17.4 Å². The van der Waals surface area contributed by atoms with Crippen LogP contribution in [0.5, 0.6) is 0 Å². The van der Waals surface area contributed by atoms with E-state index in [1.165, 1.54) is 18.5 Å². The average molecular weight is 359 g/mol. The number of carbonyl (C=O) groups is 1. The highest BCUT2D eigenvalue weighted by Gasteiger charge is 2.23. The Morgan fingerprint density at radius 1 is 1.08 bits per heavy atom. The van der Waals surface area contributed by atoms with Crippen LogP contribution in [0.1, 0.15) is 40.0 Å². The van der Waals surface area contributed by atoms with E-state index in [2.05, 4.69) is 48.0 Å². The van der Waals surface area contributed by atoms with Crippen LogP contribution < -0.4 is 10.2 Å². The van der Waals surface area contributed by atoms with Crippen molar-refractivity contribution in [1.29, 1.82) is 0 Å². The number of urea groups is 1. The molecule has 2 saturated heterocycles. The summed E-state index contributed by atoms with van der Waals surface area (Å²) in [6, 6.07) is 8.94. The first kappa shape index (κ1) is 19.0. The maximum absolute atomic E-state index is 12.5. The van der Waals surface area contributed by atoms with E-state index in [1.807, 2.05) is 17.0 Å². The molecule has 1 aromatic rings. The van der Waals surface area contributed by atoms with Crippen molar-refractivity contribution in [1.82, 2.24) is 9.80 Å². The fourth-order valence-corrected chi connectivity index (χ4v) is 3.85. The van der Waals surface area contributed by atoms with E-state index in [0.717, 1.165) is 57.3 Å². The molecule has 1 unspecified atom stereocenters. The Kier molecular flexibility index (Phi) is 6.41. The van der Waals surface area contributed by atoms with Gasteiger partial charge in [0.1, 0.15) is 0 Å².